The summed E-state index contributed by atoms with van der Waals surface area (Å²) in [5.74, 6) is -2.00. The van der Waals surface area contributed by atoms with Crippen molar-refractivity contribution in [2.24, 2.45) is 11.0 Å². The number of hydrogen-bond donors (Lipinski definition) is 1. The van der Waals surface area contributed by atoms with E-state index in [1.54, 1.807) is 13.8 Å². The largest absolute Gasteiger partial charge is 0.383 e. The zero-order valence-electron chi connectivity index (χ0n) is 16.2. The van der Waals surface area contributed by atoms with Crippen LogP contribution in [0.2, 0.25) is 0 Å². The highest BCUT2D eigenvalue weighted by Crippen LogP contribution is 2.54. The van der Waals surface area contributed by atoms with Crippen LogP contribution < -0.4 is 0 Å². The minimum Gasteiger partial charge on any atom is -0.383 e. The second-order valence-corrected chi connectivity index (χ2v) is 9.03. The summed E-state index contributed by atoms with van der Waals surface area (Å²) in [6.07, 6.45) is 1.06. The maximum Gasteiger partial charge on any atom is 0.273 e. The predicted molar refractivity (Wildman–Crippen MR) is 109 cm³/mol. The molecular weight excluding hydrogens is 394 g/mol. The topological polar surface area (TPSA) is 52.9 Å². The standard InChI is InChI=1S/C22H22F2N2O2S/c1-13(2)19(27)21(28)26-22(11-5-7-14-6-3-4-8-17(14)22)29-20(25-26)16-12-15(23)9-10-18(16)24/h3-4,6,8-10,12-13,19,27H,5,7,11H2,1-2H3. The van der Waals surface area contributed by atoms with Gasteiger partial charge in [-0.2, -0.15) is 5.10 Å². The molecule has 4 nitrogen and oxygen atoms in total. The number of benzene rings is 2. The van der Waals surface area contributed by atoms with Crippen molar-refractivity contribution in [1.29, 1.82) is 0 Å². The number of carbonyl (C=O) groups is 1. The summed E-state index contributed by atoms with van der Waals surface area (Å²) in [4.78, 5) is 12.3. The van der Waals surface area contributed by atoms with Crippen LogP contribution in [0, 0.1) is 17.6 Å². The molecule has 2 atom stereocenters. The summed E-state index contributed by atoms with van der Waals surface area (Å²) in [5, 5.41) is 16.4. The number of hydrogen-bond acceptors (Lipinski definition) is 4. The van der Waals surface area contributed by atoms with Crippen LogP contribution in [-0.2, 0) is 16.1 Å². The average molecular weight is 416 g/mol. The molecule has 2 unspecified atom stereocenters. The number of amides is 1. The van der Waals surface area contributed by atoms with Gasteiger partial charge in [0.2, 0.25) is 0 Å². The first-order chi connectivity index (χ1) is 13.8. The minimum atomic E-state index is -1.23. The van der Waals surface area contributed by atoms with Gasteiger partial charge < -0.3 is 5.11 Å². The zero-order valence-corrected chi connectivity index (χ0v) is 17.0. The van der Waals surface area contributed by atoms with Crippen molar-refractivity contribution in [1.82, 2.24) is 5.01 Å². The van der Waals surface area contributed by atoms with Gasteiger partial charge in [0.15, 0.2) is 0 Å². The van der Waals surface area contributed by atoms with Crippen LogP contribution >= 0.6 is 11.8 Å². The molecule has 0 fully saturated rings. The average Bonchev–Trinajstić information content (AvgIpc) is 3.08. The highest BCUT2D eigenvalue weighted by molar-refractivity contribution is 8.15. The van der Waals surface area contributed by atoms with Crippen molar-refractivity contribution in [2.75, 3.05) is 0 Å². The maximum atomic E-state index is 14.5. The molecule has 4 rings (SSSR count). The molecule has 1 aliphatic carbocycles. The van der Waals surface area contributed by atoms with Gasteiger partial charge in [-0.1, -0.05) is 49.9 Å². The first kappa shape index (κ1) is 20.0. The van der Waals surface area contributed by atoms with Gasteiger partial charge in [-0.15, -0.1) is 0 Å². The molecule has 2 aliphatic rings. The Morgan fingerprint density at radius 2 is 2.00 bits per heavy atom. The van der Waals surface area contributed by atoms with E-state index >= 15 is 0 Å². The van der Waals surface area contributed by atoms with Crippen LogP contribution in [0.15, 0.2) is 47.6 Å². The third-order valence-corrected chi connectivity index (χ3v) is 6.88. The lowest BCUT2D eigenvalue weighted by atomic mass is 9.86. The molecule has 1 aliphatic heterocycles. The SMILES string of the molecule is CC(C)C(O)C(=O)N1N=C(c2cc(F)ccc2F)SC12CCCc1ccccc12. The number of aryl methyl sites for hydroxylation is 1. The van der Waals surface area contributed by atoms with Gasteiger partial charge in [0.05, 0.1) is 0 Å². The summed E-state index contributed by atoms with van der Waals surface area (Å²) in [6, 6.07) is 11.0. The normalized spacial score (nSPS) is 22.0. The number of nitrogens with zero attached hydrogens (tertiary/aromatic N) is 2. The van der Waals surface area contributed by atoms with Gasteiger partial charge in [0, 0.05) is 5.56 Å². The van der Waals surface area contributed by atoms with E-state index in [0.29, 0.717) is 6.42 Å². The number of thioether (sulfide) groups is 1. The summed E-state index contributed by atoms with van der Waals surface area (Å²) in [6.45, 7) is 3.51. The Morgan fingerprint density at radius 1 is 1.24 bits per heavy atom. The second-order valence-electron chi connectivity index (χ2n) is 7.77. The molecule has 0 saturated heterocycles. The summed E-state index contributed by atoms with van der Waals surface area (Å²) < 4.78 is 28.3. The van der Waals surface area contributed by atoms with Crippen LogP contribution in [0.4, 0.5) is 8.78 Å². The fourth-order valence-corrected chi connectivity index (χ4v) is 5.38. The van der Waals surface area contributed by atoms with Gasteiger partial charge in [0.25, 0.3) is 5.91 Å². The Morgan fingerprint density at radius 3 is 2.76 bits per heavy atom. The molecule has 1 amide bonds. The van der Waals surface area contributed by atoms with Crippen molar-refractivity contribution in [2.45, 2.75) is 44.1 Å². The zero-order chi connectivity index (χ0) is 20.8. The van der Waals surface area contributed by atoms with Crippen LogP contribution in [0.3, 0.4) is 0 Å². The third-order valence-electron chi connectivity index (χ3n) is 5.45. The Labute approximate surface area is 172 Å². The van der Waals surface area contributed by atoms with Crippen LogP contribution in [-0.4, -0.2) is 27.2 Å². The van der Waals surface area contributed by atoms with Crippen LogP contribution in [0.25, 0.3) is 0 Å². The molecule has 29 heavy (non-hydrogen) atoms. The Bertz CT molecular complexity index is 995. The molecule has 0 bridgehead atoms. The van der Waals surface area contributed by atoms with Crippen molar-refractivity contribution >= 4 is 22.7 Å². The number of rotatable bonds is 3. The molecule has 0 saturated carbocycles. The fourth-order valence-electron chi connectivity index (χ4n) is 3.90. The van der Waals surface area contributed by atoms with E-state index in [-0.39, 0.29) is 16.5 Å². The van der Waals surface area contributed by atoms with E-state index in [4.69, 9.17) is 0 Å². The summed E-state index contributed by atoms with van der Waals surface area (Å²) >= 11 is 1.26. The van der Waals surface area contributed by atoms with E-state index in [9.17, 15) is 18.7 Å². The fraction of sp³-hybridized carbons (Fsp3) is 0.364. The maximum absolute atomic E-state index is 14.5. The van der Waals surface area contributed by atoms with Gasteiger partial charge >= 0.3 is 0 Å². The van der Waals surface area contributed by atoms with Crippen molar-refractivity contribution in [3.05, 3.63) is 70.8 Å². The van der Waals surface area contributed by atoms with Crippen molar-refractivity contribution < 1.29 is 18.7 Å². The smallest absolute Gasteiger partial charge is 0.273 e. The van der Waals surface area contributed by atoms with Gasteiger partial charge in [-0.05, 0) is 54.5 Å². The lowest BCUT2D eigenvalue weighted by Crippen LogP contribution is -2.48. The van der Waals surface area contributed by atoms with Gasteiger partial charge in [-0.3, -0.25) is 4.79 Å². The number of aliphatic hydroxyl groups excluding tert-OH is 1. The lowest BCUT2D eigenvalue weighted by molar-refractivity contribution is -0.146. The molecule has 1 spiro atoms. The molecule has 152 valence electrons. The molecule has 7 heteroatoms. The van der Waals surface area contributed by atoms with E-state index in [1.807, 2.05) is 24.3 Å². The molecule has 1 heterocycles. The molecule has 0 aromatic heterocycles. The highest BCUT2D eigenvalue weighted by atomic mass is 32.2. The number of fused-ring (bicyclic) bond motifs is 2. The van der Waals surface area contributed by atoms with Crippen LogP contribution in [0.1, 0.15) is 43.4 Å². The van der Waals surface area contributed by atoms with E-state index in [1.165, 1.54) is 16.8 Å². The molecule has 0 radical (unpaired) electrons. The third kappa shape index (κ3) is 3.36. The highest BCUT2D eigenvalue weighted by Gasteiger charge is 2.52. The minimum absolute atomic E-state index is 0.0202. The number of aliphatic hydroxyl groups is 1. The summed E-state index contributed by atoms with van der Waals surface area (Å²) in [7, 11) is 0. The number of carbonyl (C=O) groups excluding carboxylic acids is 1. The van der Waals surface area contributed by atoms with Crippen molar-refractivity contribution in [3.63, 3.8) is 0 Å². The van der Waals surface area contributed by atoms with Gasteiger partial charge in [-0.25, -0.2) is 13.8 Å². The molecular formula is C22H22F2N2O2S. The first-order valence-electron chi connectivity index (χ1n) is 9.67. The quantitative estimate of drug-likeness (QED) is 0.807. The van der Waals surface area contributed by atoms with E-state index in [0.717, 1.165) is 42.2 Å². The Kier molecular flexibility index (Phi) is 5.21. The predicted octanol–water partition coefficient (Wildman–Crippen LogP) is 4.41. The first-order valence-corrected chi connectivity index (χ1v) is 10.5. The van der Waals surface area contributed by atoms with Crippen LogP contribution in [0.5, 0.6) is 0 Å². The summed E-state index contributed by atoms with van der Waals surface area (Å²) in [5.41, 5.74) is 2.04. The van der Waals surface area contributed by atoms with Gasteiger partial charge in [0.1, 0.15) is 27.7 Å². The van der Waals surface area contributed by atoms with E-state index in [2.05, 4.69) is 5.10 Å². The number of halogens is 2. The lowest BCUT2D eigenvalue weighted by Gasteiger charge is -2.40. The van der Waals surface area contributed by atoms with E-state index < -0.39 is 28.5 Å². The Balaban J connectivity index is 1.86. The molecule has 1 N–H and O–H groups in total. The molecule has 2 aromatic carbocycles. The van der Waals surface area contributed by atoms with Crippen molar-refractivity contribution in [3.8, 4) is 0 Å². The Hall–Kier alpha value is -2.25. The second kappa shape index (κ2) is 7.54. The number of hydrazone groups is 1. The molecule has 2 aromatic rings. The monoisotopic (exact) mass is 416 g/mol.